The molecule has 2 unspecified atom stereocenters. The van der Waals surface area contributed by atoms with Crippen molar-refractivity contribution in [1.29, 1.82) is 0 Å². The highest BCUT2D eigenvalue weighted by atomic mass is 16.5. The lowest BCUT2D eigenvalue weighted by Gasteiger charge is -2.42. The maximum atomic E-state index is 12.9. The van der Waals surface area contributed by atoms with E-state index in [4.69, 9.17) is 10.5 Å². The summed E-state index contributed by atoms with van der Waals surface area (Å²) in [6, 6.07) is -1.66. The van der Waals surface area contributed by atoms with Gasteiger partial charge < -0.3 is 35.8 Å². The van der Waals surface area contributed by atoms with E-state index in [0.717, 1.165) is 6.42 Å². The van der Waals surface area contributed by atoms with Crippen molar-refractivity contribution in [2.24, 2.45) is 5.73 Å². The number of amides is 5. The SMILES string of the molecule is NCC(=O)N1CCN(C(=O)N2CCOCC2)CC1C(=O)NC1CCCNC1=O. The van der Waals surface area contributed by atoms with E-state index in [1.54, 1.807) is 9.80 Å². The Balaban J connectivity index is 1.69. The lowest BCUT2D eigenvalue weighted by Crippen LogP contribution is -2.65. The Morgan fingerprint density at radius 1 is 1.14 bits per heavy atom. The van der Waals surface area contributed by atoms with Crippen molar-refractivity contribution >= 4 is 23.8 Å². The summed E-state index contributed by atoms with van der Waals surface area (Å²) in [5.41, 5.74) is 5.49. The molecule has 3 heterocycles. The predicted molar refractivity (Wildman–Crippen MR) is 98.1 cm³/mol. The highest BCUT2D eigenvalue weighted by molar-refractivity contribution is 5.93. The number of rotatable bonds is 3. The van der Waals surface area contributed by atoms with Gasteiger partial charge >= 0.3 is 6.03 Å². The normalized spacial score (nSPS) is 25.9. The lowest BCUT2D eigenvalue weighted by atomic mass is 10.0. The van der Waals surface area contributed by atoms with Gasteiger partial charge in [-0.05, 0) is 12.8 Å². The highest BCUT2D eigenvalue weighted by Crippen LogP contribution is 2.15. The largest absolute Gasteiger partial charge is 0.378 e. The summed E-state index contributed by atoms with van der Waals surface area (Å²) in [6.07, 6.45) is 1.32. The molecule has 3 aliphatic heterocycles. The molecule has 4 N–H and O–H groups in total. The van der Waals surface area contributed by atoms with Gasteiger partial charge in [-0.2, -0.15) is 0 Å². The molecule has 0 saturated carbocycles. The third-order valence-corrected chi connectivity index (χ3v) is 5.33. The topological polar surface area (TPSA) is 137 Å². The fourth-order valence-electron chi connectivity index (χ4n) is 3.73. The number of nitrogens with one attached hydrogen (secondary N) is 2. The Morgan fingerprint density at radius 3 is 2.57 bits per heavy atom. The molecule has 3 saturated heterocycles. The van der Waals surface area contributed by atoms with Crippen LogP contribution in [0, 0.1) is 0 Å². The number of urea groups is 1. The van der Waals surface area contributed by atoms with Crippen molar-refractivity contribution in [2.75, 3.05) is 59.0 Å². The van der Waals surface area contributed by atoms with Crippen molar-refractivity contribution in [3.05, 3.63) is 0 Å². The summed E-state index contributed by atoms with van der Waals surface area (Å²) in [5.74, 6) is -1.02. The van der Waals surface area contributed by atoms with Gasteiger partial charge in [-0.1, -0.05) is 0 Å². The van der Waals surface area contributed by atoms with E-state index in [0.29, 0.717) is 45.8 Å². The number of piperazine rings is 1. The summed E-state index contributed by atoms with van der Waals surface area (Å²) in [5, 5.41) is 5.45. The van der Waals surface area contributed by atoms with Gasteiger partial charge in [0.05, 0.1) is 26.3 Å². The van der Waals surface area contributed by atoms with Crippen LogP contribution in [0.1, 0.15) is 12.8 Å². The standard InChI is InChI=1S/C17H28N6O5/c18-10-14(24)23-5-4-22(17(27)21-6-8-28-9-7-21)11-13(23)16(26)20-12-2-1-3-19-15(12)25/h12-13H,1-11,18H2,(H,19,25)(H,20,26). The molecule has 0 bridgehead atoms. The number of nitrogens with two attached hydrogens (primary N) is 1. The number of carbonyl (C=O) groups excluding carboxylic acids is 4. The van der Waals surface area contributed by atoms with E-state index < -0.39 is 18.0 Å². The van der Waals surface area contributed by atoms with Crippen LogP contribution in [0.4, 0.5) is 4.79 Å². The average molecular weight is 396 g/mol. The minimum atomic E-state index is -0.871. The summed E-state index contributed by atoms with van der Waals surface area (Å²) < 4.78 is 5.27. The molecule has 5 amide bonds. The Hall–Kier alpha value is -2.40. The second kappa shape index (κ2) is 9.20. The molecule has 0 aromatic rings. The molecule has 156 valence electrons. The zero-order chi connectivity index (χ0) is 20.1. The molecule has 0 spiro atoms. The van der Waals surface area contributed by atoms with E-state index in [9.17, 15) is 19.2 Å². The van der Waals surface area contributed by atoms with Gasteiger partial charge in [0.15, 0.2) is 0 Å². The quantitative estimate of drug-likeness (QED) is 0.475. The molecular weight excluding hydrogens is 368 g/mol. The van der Waals surface area contributed by atoms with Gasteiger partial charge in [0.2, 0.25) is 17.7 Å². The maximum Gasteiger partial charge on any atom is 0.320 e. The van der Waals surface area contributed by atoms with Crippen molar-refractivity contribution < 1.29 is 23.9 Å². The number of hydrogen-bond donors (Lipinski definition) is 3. The average Bonchev–Trinajstić information content (AvgIpc) is 2.74. The molecule has 0 aliphatic carbocycles. The van der Waals surface area contributed by atoms with Crippen LogP contribution >= 0.6 is 0 Å². The summed E-state index contributed by atoms with van der Waals surface area (Å²) in [7, 11) is 0. The number of carbonyl (C=O) groups is 4. The Labute approximate surface area is 163 Å². The van der Waals surface area contributed by atoms with Crippen molar-refractivity contribution in [3.8, 4) is 0 Å². The molecule has 3 rings (SSSR count). The van der Waals surface area contributed by atoms with Crippen molar-refractivity contribution in [1.82, 2.24) is 25.3 Å². The molecular formula is C17H28N6O5. The zero-order valence-corrected chi connectivity index (χ0v) is 15.9. The van der Waals surface area contributed by atoms with Crippen LogP contribution in [-0.2, 0) is 19.1 Å². The van der Waals surface area contributed by atoms with E-state index in [1.165, 1.54) is 4.90 Å². The van der Waals surface area contributed by atoms with Crippen LogP contribution in [-0.4, -0.2) is 110 Å². The first-order valence-electron chi connectivity index (χ1n) is 9.70. The molecule has 2 atom stereocenters. The molecule has 0 aromatic heterocycles. The molecule has 11 nitrogen and oxygen atoms in total. The zero-order valence-electron chi connectivity index (χ0n) is 15.9. The third kappa shape index (κ3) is 4.53. The van der Waals surface area contributed by atoms with Crippen LogP contribution in [0.25, 0.3) is 0 Å². The van der Waals surface area contributed by atoms with Gasteiger partial charge in [0, 0.05) is 32.7 Å². The van der Waals surface area contributed by atoms with Crippen LogP contribution in [0.3, 0.4) is 0 Å². The van der Waals surface area contributed by atoms with E-state index >= 15 is 0 Å². The summed E-state index contributed by atoms with van der Waals surface area (Å²) in [4.78, 5) is 54.5. The van der Waals surface area contributed by atoms with Crippen LogP contribution in [0.15, 0.2) is 0 Å². The Kier molecular flexibility index (Phi) is 6.68. The smallest absolute Gasteiger partial charge is 0.320 e. The van der Waals surface area contributed by atoms with Crippen molar-refractivity contribution in [3.63, 3.8) is 0 Å². The van der Waals surface area contributed by atoms with Gasteiger partial charge in [-0.3, -0.25) is 14.4 Å². The first kappa shape index (κ1) is 20.3. The summed E-state index contributed by atoms with van der Waals surface area (Å²) >= 11 is 0. The Bertz CT molecular complexity index is 623. The summed E-state index contributed by atoms with van der Waals surface area (Å²) in [6.45, 7) is 2.97. The Morgan fingerprint density at radius 2 is 1.89 bits per heavy atom. The fraction of sp³-hybridized carbons (Fsp3) is 0.765. The molecule has 11 heteroatoms. The molecule has 0 aromatic carbocycles. The number of hydrogen-bond acceptors (Lipinski definition) is 6. The molecule has 3 fully saturated rings. The minimum absolute atomic E-state index is 0.0715. The van der Waals surface area contributed by atoms with Crippen LogP contribution < -0.4 is 16.4 Å². The van der Waals surface area contributed by atoms with E-state index in [1.807, 2.05) is 0 Å². The molecule has 3 aliphatic rings. The first-order chi connectivity index (χ1) is 13.5. The minimum Gasteiger partial charge on any atom is -0.378 e. The second-order valence-electron chi connectivity index (χ2n) is 7.13. The van der Waals surface area contributed by atoms with Gasteiger partial charge in [-0.25, -0.2) is 4.79 Å². The molecule has 28 heavy (non-hydrogen) atoms. The lowest BCUT2D eigenvalue weighted by molar-refractivity contribution is -0.143. The number of nitrogens with zero attached hydrogens (tertiary/aromatic N) is 3. The van der Waals surface area contributed by atoms with Gasteiger partial charge in [0.25, 0.3) is 0 Å². The number of piperidine rings is 1. The van der Waals surface area contributed by atoms with Gasteiger partial charge in [-0.15, -0.1) is 0 Å². The fourth-order valence-corrected chi connectivity index (χ4v) is 3.73. The maximum absolute atomic E-state index is 12.9. The van der Waals surface area contributed by atoms with Crippen LogP contribution in [0.2, 0.25) is 0 Å². The number of ether oxygens (including phenoxy) is 1. The van der Waals surface area contributed by atoms with Crippen LogP contribution in [0.5, 0.6) is 0 Å². The first-order valence-corrected chi connectivity index (χ1v) is 9.70. The van der Waals surface area contributed by atoms with E-state index in [2.05, 4.69) is 10.6 Å². The second-order valence-corrected chi connectivity index (χ2v) is 7.13. The highest BCUT2D eigenvalue weighted by Gasteiger charge is 2.39. The third-order valence-electron chi connectivity index (χ3n) is 5.33. The van der Waals surface area contributed by atoms with Gasteiger partial charge in [0.1, 0.15) is 12.1 Å². The van der Waals surface area contributed by atoms with Crippen molar-refractivity contribution in [2.45, 2.75) is 24.9 Å². The van der Waals surface area contributed by atoms with E-state index in [-0.39, 0.29) is 37.5 Å². The molecule has 0 radical (unpaired) electrons. The number of morpholine rings is 1. The predicted octanol–water partition coefficient (Wildman–Crippen LogP) is -2.70. The monoisotopic (exact) mass is 396 g/mol.